The number of hydrogen-bond acceptors (Lipinski definition) is 7. The second-order valence-electron chi connectivity index (χ2n) is 7.31. The lowest BCUT2D eigenvalue weighted by atomic mass is 10.2. The number of nitrogens with one attached hydrogen (secondary N) is 1. The summed E-state index contributed by atoms with van der Waals surface area (Å²) in [5.41, 5.74) is 0.796. The molecule has 4 heterocycles. The number of nitrogens with zero attached hydrogens (tertiary/aromatic N) is 3. The molecular formula is C21H20N4O3S3. The van der Waals surface area contributed by atoms with Gasteiger partial charge in [-0.1, -0.05) is 24.3 Å². The van der Waals surface area contributed by atoms with Crippen LogP contribution in [0.15, 0.2) is 62.9 Å². The summed E-state index contributed by atoms with van der Waals surface area (Å²) >= 11 is 3.07. The summed E-state index contributed by atoms with van der Waals surface area (Å²) in [4.78, 5) is 24.6. The Morgan fingerprint density at radius 2 is 1.77 bits per heavy atom. The Kier molecular flexibility index (Phi) is 5.49. The van der Waals surface area contributed by atoms with Gasteiger partial charge in [0.05, 0.1) is 16.8 Å². The minimum absolute atomic E-state index is 0.130. The summed E-state index contributed by atoms with van der Waals surface area (Å²) in [6.45, 7) is 2.46. The Hall–Kier alpha value is -2.37. The van der Waals surface area contributed by atoms with Gasteiger partial charge < -0.3 is 4.98 Å². The fourth-order valence-electron chi connectivity index (χ4n) is 3.76. The van der Waals surface area contributed by atoms with Crippen molar-refractivity contribution in [3.8, 4) is 10.4 Å². The third-order valence-corrected chi connectivity index (χ3v) is 9.05. The Bertz CT molecular complexity index is 1350. The molecule has 31 heavy (non-hydrogen) atoms. The van der Waals surface area contributed by atoms with E-state index in [2.05, 4.69) is 14.9 Å². The zero-order valence-corrected chi connectivity index (χ0v) is 19.0. The number of rotatable bonds is 5. The molecule has 1 fully saturated rings. The highest BCUT2D eigenvalue weighted by Gasteiger charge is 2.28. The molecule has 0 spiro atoms. The van der Waals surface area contributed by atoms with Gasteiger partial charge in [0, 0.05) is 42.0 Å². The van der Waals surface area contributed by atoms with Crippen LogP contribution in [0, 0.1) is 0 Å². The van der Waals surface area contributed by atoms with E-state index >= 15 is 0 Å². The van der Waals surface area contributed by atoms with Crippen LogP contribution in [0.2, 0.25) is 0 Å². The molecular weight excluding hydrogens is 452 g/mol. The van der Waals surface area contributed by atoms with E-state index in [1.54, 1.807) is 41.7 Å². The summed E-state index contributed by atoms with van der Waals surface area (Å²) in [7, 11) is -3.48. The van der Waals surface area contributed by atoms with Gasteiger partial charge in [-0.25, -0.2) is 13.4 Å². The van der Waals surface area contributed by atoms with Crippen LogP contribution in [0.3, 0.4) is 0 Å². The smallest absolute Gasteiger partial charge is 0.260 e. The normalized spacial score (nSPS) is 16.1. The van der Waals surface area contributed by atoms with Crippen molar-refractivity contribution in [3.05, 3.63) is 69.4 Å². The number of hydrogen-bond donors (Lipinski definition) is 1. The first-order chi connectivity index (χ1) is 15.0. The topological polar surface area (TPSA) is 86.4 Å². The fourth-order valence-corrected chi connectivity index (χ4v) is 6.99. The summed E-state index contributed by atoms with van der Waals surface area (Å²) < 4.78 is 27.1. The average molecular weight is 473 g/mol. The predicted octanol–water partition coefficient (Wildman–Crippen LogP) is 3.22. The number of aromatic amines is 1. The number of aromatic nitrogens is 2. The molecule has 1 aromatic carbocycles. The molecule has 0 aliphatic carbocycles. The van der Waals surface area contributed by atoms with Gasteiger partial charge in [-0.05, 0) is 23.6 Å². The van der Waals surface area contributed by atoms with E-state index in [4.69, 9.17) is 0 Å². The summed E-state index contributed by atoms with van der Waals surface area (Å²) in [6.07, 6.45) is 0. The van der Waals surface area contributed by atoms with Gasteiger partial charge in [0.2, 0.25) is 10.0 Å². The van der Waals surface area contributed by atoms with E-state index in [0.717, 1.165) is 15.3 Å². The second kappa shape index (κ2) is 8.29. The molecule has 160 valence electrons. The molecule has 0 saturated carbocycles. The van der Waals surface area contributed by atoms with Crippen molar-refractivity contribution < 1.29 is 8.42 Å². The Morgan fingerprint density at radius 3 is 2.48 bits per heavy atom. The van der Waals surface area contributed by atoms with E-state index in [1.807, 2.05) is 22.9 Å². The SMILES string of the molecule is O=c1[nH]c(CN2CCN(S(=O)(=O)c3ccccc3)CC2)nc2scc(-c3cccs3)c12. The van der Waals surface area contributed by atoms with Crippen LogP contribution < -0.4 is 5.56 Å². The standard InChI is InChI=1S/C21H20N4O3S3/c26-20-19-16(17-7-4-12-29-17)14-30-21(19)23-18(22-20)13-24-8-10-25(11-9-24)31(27,28)15-5-2-1-3-6-15/h1-7,12,14H,8-11,13H2,(H,22,23,26). The average Bonchev–Trinajstić information content (AvgIpc) is 3.45. The molecule has 3 aromatic heterocycles. The molecule has 4 aromatic rings. The van der Waals surface area contributed by atoms with Crippen molar-refractivity contribution in [2.45, 2.75) is 11.4 Å². The summed E-state index contributed by atoms with van der Waals surface area (Å²) in [6, 6.07) is 12.5. The highest BCUT2D eigenvalue weighted by atomic mass is 32.2. The van der Waals surface area contributed by atoms with Crippen molar-refractivity contribution in [2.24, 2.45) is 0 Å². The summed E-state index contributed by atoms with van der Waals surface area (Å²) in [5.74, 6) is 0.608. The largest absolute Gasteiger partial charge is 0.309 e. The third-order valence-electron chi connectivity index (χ3n) is 5.37. The van der Waals surface area contributed by atoms with Crippen molar-refractivity contribution in [3.63, 3.8) is 0 Å². The molecule has 5 rings (SSSR count). The second-order valence-corrected chi connectivity index (χ2v) is 11.1. The first-order valence-corrected chi connectivity index (χ1v) is 13.0. The number of H-pyrrole nitrogens is 1. The van der Waals surface area contributed by atoms with E-state index in [9.17, 15) is 13.2 Å². The minimum atomic E-state index is -3.48. The monoisotopic (exact) mass is 472 g/mol. The van der Waals surface area contributed by atoms with Crippen LogP contribution in [0.4, 0.5) is 0 Å². The van der Waals surface area contributed by atoms with E-state index < -0.39 is 10.0 Å². The van der Waals surface area contributed by atoms with Crippen molar-refractivity contribution in [2.75, 3.05) is 26.2 Å². The molecule has 10 heteroatoms. The summed E-state index contributed by atoms with van der Waals surface area (Å²) in [5, 5.41) is 4.61. The highest BCUT2D eigenvalue weighted by molar-refractivity contribution is 7.89. The lowest BCUT2D eigenvalue weighted by Gasteiger charge is -2.33. The molecule has 1 aliphatic heterocycles. The first kappa shape index (κ1) is 20.5. The van der Waals surface area contributed by atoms with Crippen LogP contribution in [-0.2, 0) is 16.6 Å². The van der Waals surface area contributed by atoms with Crippen molar-refractivity contribution >= 4 is 42.9 Å². The maximum absolute atomic E-state index is 12.8. The molecule has 0 amide bonds. The minimum Gasteiger partial charge on any atom is -0.309 e. The van der Waals surface area contributed by atoms with Crippen LogP contribution in [0.5, 0.6) is 0 Å². The Morgan fingerprint density at radius 1 is 1.00 bits per heavy atom. The lowest BCUT2D eigenvalue weighted by Crippen LogP contribution is -2.48. The predicted molar refractivity (Wildman–Crippen MR) is 124 cm³/mol. The third kappa shape index (κ3) is 3.97. The first-order valence-electron chi connectivity index (χ1n) is 9.84. The number of thiophene rings is 2. The van der Waals surface area contributed by atoms with Crippen molar-refractivity contribution in [1.82, 2.24) is 19.2 Å². The van der Waals surface area contributed by atoms with Gasteiger partial charge in [0.15, 0.2) is 0 Å². The van der Waals surface area contributed by atoms with Gasteiger partial charge in [0.1, 0.15) is 10.7 Å². The quantitative estimate of drug-likeness (QED) is 0.482. The Labute approximate surface area is 187 Å². The molecule has 7 nitrogen and oxygen atoms in total. The molecule has 1 saturated heterocycles. The fraction of sp³-hybridized carbons (Fsp3) is 0.238. The van der Waals surface area contributed by atoms with Gasteiger partial charge in [0.25, 0.3) is 5.56 Å². The van der Waals surface area contributed by atoms with Gasteiger partial charge >= 0.3 is 0 Å². The van der Waals surface area contributed by atoms with E-state index in [-0.39, 0.29) is 5.56 Å². The van der Waals surface area contributed by atoms with Gasteiger partial charge in [-0.2, -0.15) is 4.31 Å². The number of sulfonamides is 1. The van der Waals surface area contributed by atoms with E-state index in [0.29, 0.717) is 48.8 Å². The number of fused-ring (bicyclic) bond motifs is 1. The van der Waals surface area contributed by atoms with Gasteiger partial charge in [-0.3, -0.25) is 9.69 Å². The van der Waals surface area contributed by atoms with Gasteiger partial charge in [-0.15, -0.1) is 22.7 Å². The van der Waals surface area contributed by atoms with Crippen LogP contribution >= 0.6 is 22.7 Å². The van der Waals surface area contributed by atoms with Crippen LogP contribution in [-0.4, -0.2) is 53.8 Å². The Balaban J connectivity index is 1.30. The maximum Gasteiger partial charge on any atom is 0.260 e. The van der Waals surface area contributed by atoms with Crippen LogP contribution in [0.25, 0.3) is 20.7 Å². The van der Waals surface area contributed by atoms with Crippen molar-refractivity contribution in [1.29, 1.82) is 0 Å². The zero-order valence-electron chi connectivity index (χ0n) is 16.5. The molecule has 0 radical (unpaired) electrons. The van der Waals surface area contributed by atoms with Crippen LogP contribution in [0.1, 0.15) is 5.82 Å². The molecule has 0 unspecified atom stereocenters. The number of benzene rings is 1. The molecule has 1 aliphatic rings. The highest BCUT2D eigenvalue weighted by Crippen LogP contribution is 2.33. The molecule has 1 N–H and O–H groups in total. The molecule has 0 atom stereocenters. The number of piperazine rings is 1. The molecule has 0 bridgehead atoms. The lowest BCUT2D eigenvalue weighted by molar-refractivity contribution is 0.178. The zero-order chi connectivity index (χ0) is 21.4. The maximum atomic E-state index is 12.8. The van der Waals surface area contributed by atoms with E-state index in [1.165, 1.54) is 15.6 Å².